The first-order valence-electron chi connectivity index (χ1n) is 8.04. The van der Waals surface area contributed by atoms with Crippen molar-refractivity contribution in [2.75, 3.05) is 19.5 Å². The first-order chi connectivity index (χ1) is 13.3. The number of nitrogens with zero attached hydrogens (tertiary/aromatic N) is 1. The van der Waals surface area contributed by atoms with Crippen molar-refractivity contribution in [2.24, 2.45) is 0 Å². The maximum atomic E-state index is 13.1. The van der Waals surface area contributed by atoms with Gasteiger partial charge in [-0.1, -0.05) is 41.9 Å². The molecule has 3 aromatic rings. The molecular weight excluding hydrogens is 442 g/mol. The maximum absolute atomic E-state index is 13.1. The molecule has 0 N–H and O–H groups in total. The fourth-order valence-corrected chi connectivity index (χ4v) is 7.45. The number of hydrogen-bond donors (Lipinski definition) is 0. The smallest absolute Gasteiger partial charge is 0.226 e. The Morgan fingerprint density at radius 2 is 1.64 bits per heavy atom. The standard InChI is InChI=1S/C18H16ClNO5S3/c1-25-11-12-27(21,22)18-17(20-16(26-18)13-5-3-2-4-6-13)28(23,24)15-9-7-14(19)8-10-15/h2-10H,11-12H2,1H3. The van der Waals surface area contributed by atoms with Crippen LogP contribution in [0.3, 0.4) is 0 Å². The minimum absolute atomic E-state index is 0.0542. The highest BCUT2D eigenvalue weighted by atomic mass is 35.5. The topological polar surface area (TPSA) is 90.4 Å². The molecule has 6 nitrogen and oxygen atoms in total. The van der Waals surface area contributed by atoms with E-state index in [1.807, 2.05) is 0 Å². The summed E-state index contributed by atoms with van der Waals surface area (Å²) < 4.78 is 56.4. The van der Waals surface area contributed by atoms with Crippen molar-refractivity contribution in [1.29, 1.82) is 0 Å². The molecule has 0 fully saturated rings. The number of rotatable bonds is 7. The Kier molecular flexibility index (Phi) is 6.21. The Morgan fingerprint density at radius 1 is 1.00 bits per heavy atom. The molecule has 0 amide bonds. The third kappa shape index (κ3) is 4.28. The van der Waals surface area contributed by atoms with E-state index in [4.69, 9.17) is 16.3 Å². The van der Waals surface area contributed by atoms with E-state index in [-0.39, 0.29) is 21.5 Å². The second-order valence-corrected chi connectivity index (χ2v) is 11.4. The lowest BCUT2D eigenvalue weighted by Crippen LogP contribution is -2.14. The molecule has 1 aromatic heterocycles. The molecule has 0 bridgehead atoms. The monoisotopic (exact) mass is 457 g/mol. The summed E-state index contributed by atoms with van der Waals surface area (Å²) in [7, 11) is -6.70. The molecule has 0 aliphatic carbocycles. The van der Waals surface area contributed by atoms with Gasteiger partial charge < -0.3 is 4.74 Å². The number of benzene rings is 2. The van der Waals surface area contributed by atoms with Crippen LogP contribution in [0, 0.1) is 0 Å². The predicted octanol–water partition coefficient (Wildman–Crippen LogP) is 3.72. The average molecular weight is 458 g/mol. The zero-order valence-corrected chi connectivity index (χ0v) is 17.9. The van der Waals surface area contributed by atoms with E-state index in [1.54, 1.807) is 30.3 Å². The van der Waals surface area contributed by atoms with Crippen LogP contribution in [0.25, 0.3) is 10.6 Å². The maximum Gasteiger partial charge on any atom is 0.226 e. The number of aromatic nitrogens is 1. The highest BCUT2D eigenvalue weighted by Crippen LogP contribution is 2.37. The largest absolute Gasteiger partial charge is 0.384 e. The molecule has 0 saturated heterocycles. The van der Waals surface area contributed by atoms with Gasteiger partial charge in [0.1, 0.15) is 5.01 Å². The quantitative estimate of drug-likeness (QED) is 0.537. The van der Waals surface area contributed by atoms with E-state index >= 15 is 0 Å². The Balaban J connectivity index is 2.21. The van der Waals surface area contributed by atoms with Crippen LogP contribution in [0.2, 0.25) is 5.02 Å². The average Bonchev–Trinajstić information content (AvgIpc) is 3.15. The Labute approximate surface area is 172 Å². The summed E-state index contributed by atoms with van der Waals surface area (Å²) >= 11 is 6.67. The van der Waals surface area contributed by atoms with Crippen LogP contribution in [0.4, 0.5) is 0 Å². The molecule has 0 spiro atoms. The summed E-state index contributed by atoms with van der Waals surface area (Å²) in [6.07, 6.45) is 0. The highest BCUT2D eigenvalue weighted by Gasteiger charge is 2.33. The molecule has 148 valence electrons. The highest BCUT2D eigenvalue weighted by molar-refractivity contribution is 7.96. The van der Waals surface area contributed by atoms with Crippen molar-refractivity contribution in [2.45, 2.75) is 14.1 Å². The van der Waals surface area contributed by atoms with Gasteiger partial charge in [0.05, 0.1) is 17.3 Å². The van der Waals surface area contributed by atoms with Crippen molar-refractivity contribution < 1.29 is 21.6 Å². The van der Waals surface area contributed by atoms with Crippen molar-refractivity contribution in [3.05, 3.63) is 59.6 Å². The van der Waals surface area contributed by atoms with Crippen LogP contribution in [-0.4, -0.2) is 41.3 Å². The van der Waals surface area contributed by atoms with Crippen LogP contribution in [-0.2, 0) is 24.4 Å². The molecule has 2 aromatic carbocycles. The third-order valence-corrected chi connectivity index (χ3v) is 9.39. The molecular formula is C18H16ClNO5S3. The van der Waals surface area contributed by atoms with Crippen LogP contribution in [0.1, 0.15) is 0 Å². The van der Waals surface area contributed by atoms with E-state index in [2.05, 4.69) is 4.98 Å². The normalized spacial score (nSPS) is 12.2. The first kappa shape index (κ1) is 20.9. The number of sulfone groups is 2. The van der Waals surface area contributed by atoms with Crippen LogP contribution >= 0.6 is 22.9 Å². The number of halogens is 1. The minimum atomic E-state index is -4.16. The fraction of sp³-hybridized carbons (Fsp3) is 0.167. The SMILES string of the molecule is COCCS(=O)(=O)c1sc(-c2ccccc2)nc1S(=O)(=O)c1ccc(Cl)cc1. The first-order valence-corrected chi connectivity index (χ1v) is 12.4. The molecule has 0 radical (unpaired) electrons. The van der Waals surface area contributed by atoms with Gasteiger partial charge in [0.15, 0.2) is 19.1 Å². The van der Waals surface area contributed by atoms with Gasteiger partial charge in [-0.2, -0.15) is 0 Å². The zero-order valence-electron chi connectivity index (χ0n) is 14.7. The lowest BCUT2D eigenvalue weighted by molar-refractivity contribution is 0.217. The van der Waals surface area contributed by atoms with E-state index < -0.39 is 24.7 Å². The second-order valence-electron chi connectivity index (χ2n) is 5.75. The summed E-state index contributed by atoms with van der Waals surface area (Å²) in [6.45, 7) is -0.0542. The molecule has 0 aliphatic heterocycles. The summed E-state index contributed by atoms with van der Waals surface area (Å²) in [5.41, 5.74) is 0.633. The van der Waals surface area contributed by atoms with E-state index in [1.165, 1.54) is 31.4 Å². The Morgan fingerprint density at radius 3 is 2.25 bits per heavy atom. The number of thiazole rings is 1. The van der Waals surface area contributed by atoms with Gasteiger partial charge in [0.25, 0.3) is 0 Å². The van der Waals surface area contributed by atoms with Crippen LogP contribution < -0.4 is 0 Å². The second kappa shape index (κ2) is 8.30. The van der Waals surface area contributed by atoms with Gasteiger partial charge in [-0.05, 0) is 24.3 Å². The van der Waals surface area contributed by atoms with E-state index in [0.29, 0.717) is 15.6 Å². The molecule has 28 heavy (non-hydrogen) atoms. The number of ether oxygens (including phenoxy) is 1. The van der Waals surface area contributed by atoms with Crippen LogP contribution in [0.5, 0.6) is 0 Å². The summed E-state index contributed by atoms with van der Waals surface area (Å²) in [5.74, 6) is -0.344. The minimum Gasteiger partial charge on any atom is -0.384 e. The van der Waals surface area contributed by atoms with Crippen molar-refractivity contribution in [3.8, 4) is 10.6 Å². The lowest BCUT2D eigenvalue weighted by Gasteiger charge is -2.06. The van der Waals surface area contributed by atoms with Gasteiger partial charge in [0, 0.05) is 17.7 Å². The van der Waals surface area contributed by atoms with E-state index in [9.17, 15) is 16.8 Å². The fourth-order valence-electron chi connectivity index (χ4n) is 2.37. The molecule has 1 heterocycles. The molecule has 10 heteroatoms. The van der Waals surface area contributed by atoms with Gasteiger partial charge in [-0.3, -0.25) is 0 Å². The van der Waals surface area contributed by atoms with Crippen molar-refractivity contribution >= 4 is 42.6 Å². The molecule has 0 aliphatic rings. The van der Waals surface area contributed by atoms with Gasteiger partial charge >= 0.3 is 0 Å². The lowest BCUT2D eigenvalue weighted by atomic mass is 10.2. The van der Waals surface area contributed by atoms with Crippen molar-refractivity contribution in [1.82, 2.24) is 4.98 Å². The van der Waals surface area contributed by atoms with Gasteiger partial charge in [-0.25, -0.2) is 21.8 Å². The van der Waals surface area contributed by atoms with Crippen LogP contribution in [0.15, 0.2) is 68.7 Å². The molecule has 0 atom stereocenters. The summed E-state index contributed by atoms with van der Waals surface area (Å²) in [4.78, 5) is 4.12. The molecule has 0 saturated carbocycles. The van der Waals surface area contributed by atoms with Crippen molar-refractivity contribution in [3.63, 3.8) is 0 Å². The van der Waals surface area contributed by atoms with E-state index in [0.717, 1.165) is 11.3 Å². The zero-order chi connectivity index (χ0) is 20.4. The number of methoxy groups -OCH3 is 1. The van der Waals surface area contributed by atoms with Gasteiger partial charge in [0.2, 0.25) is 9.84 Å². The molecule has 0 unspecified atom stereocenters. The van der Waals surface area contributed by atoms with Gasteiger partial charge in [-0.15, -0.1) is 11.3 Å². The number of hydrogen-bond acceptors (Lipinski definition) is 7. The Bertz CT molecular complexity index is 1170. The molecule has 3 rings (SSSR count). The predicted molar refractivity (Wildman–Crippen MR) is 108 cm³/mol. The summed E-state index contributed by atoms with van der Waals surface area (Å²) in [5, 5.41) is 0.203. The third-order valence-electron chi connectivity index (χ3n) is 3.80. The summed E-state index contributed by atoms with van der Waals surface area (Å²) in [6, 6.07) is 14.3. The Hall–Kier alpha value is -1.78.